The monoisotopic (exact) mass is 277 g/mol. The Hall–Kier alpha value is -2.68. The predicted octanol–water partition coefficient (Wildman–Crippen LogP) is 3.86. The van der Waals surface area contributed by atoms with Crippen LogP contribution in [0.1, 0.15) is 22.8 Å². The van der Waals surface area contributed by atoms with Gasteiger partial charge >= 0.3 is 0 Å². The fourth-order valence-corrected chi connectivity index (χ4v) is 2.23. The molecule has 0 aliphatic carbocycles. The number of hydrogen-bond donors (Lipinski definition) is 0. The molecule has 0 aliphatic heterocycles. The van der Waals surface area contributed by atoms with E-state index in [4.69, 9.17) is 4.74 Å². The Morgan fingerprint density at radius 2 is 1.81 bits per heavy atom. The molecule has 0 spiro atoms. The molecule has 0 amide bonds. The third kappa shape index (κ3) is 2.77. The maximum Gasteiger partial charge on any atom is 0.194 e. The van der Waals surface area contributed by atoms with Crippen molar-refractivity contribution in [1.82, 2.24) is 4.98 Å². The van der Waals surface area contributed by atoms with Gasteiger partial charge in [-0.2, -0.15) is 0 Å². The molecule has 3 aromatic rings. The third-order valence-corrected chi connectivity index (χ3v) is 3.28. The Kier molecular flexibility index (Phi) is 3.65. The van der Waals surface area contributed by atoms with E-state index in [0.29, 0.717) is 17.7 Å². The van der Waals surface area contributed by atoms with Crippen LogP contribution in [0.2, 0.25) is 0 Å². The average molecular weight is 277 g/mol. The summed E-state index contributed by atoms with van der Waals surface area (Å²) < 4.78 is 5.38. The second-order valence-electron chi connectivity index (χ2n) is 4.70. The third-order valence-electron chi connectivity index (χ3n) is 3.28. The van der Waals surface area contributed by atoms with Crippen molar-refractivity contribution < 1.29 is 9.53 Å². The number of fused-ring (bicyclic) bond motifs is 1. The number of aromatic nitrogens is 1. The van der Waals surface area contributed by atoms with Crippen LogP contribution in [0.5, 0.6) is 5.75 Å². The highest BCUT2D eigenvalue weighted by Gasteiger charge is 2.10. The minimum Gasteiger partial charge on any atom is -0.494 e. The van der Waals surface area contributed by atoms with Crippen LogP contribution in [0.4, 0.5) is 0 Å². The van der Waals surface area contributed by atoms with Gasteiger partial charge in [0, 0.05) is 22.7 Å². The summed E-state index contributed by atoms with van der Waals surface area (Å²) in [6.45, 7) is 2.54. The Labute approximate surface area is 123 Å². The van der Waals surface area contributed by atoms with Crippen molar-refractivity contribution in [2.24, 2.45) is 0 Å². The van der Waals surface area contributed by atoms with Crippen LogP contribution in [0.25, 0.3) is 10.9 Å². The van der Waals surface area contributed by atoms with Gasteiger partial charge in [-0.15, -0.1) is 0 Å². The topological polar surface area (TPSA) is 39.2 Å². The maximum absolute atomic E-state index is 12.5. The highest BCUT2D eigenvalue weighted by atomic mass is 16.5. The SMILES string of the molecule is CCOc1ccc(C(=O)c2cnc3ccccc3c2)cc1. The lowest BCUT2D eigenvalue weighted by molar-refractivity contribution is 0.103. The summed E-state index contributed by atoms with van der Waals surface area (Å²) in [7, 11) is 0. The predicted molar refractivity (Wildman–Crippen MR) is 82.8 cm³/mol. The second kappa shape index (κ2) is 5.75. The molecular formula is C18H15NO2. The standard InChI is InChI=1S/C18H15NO2/c1-2-21-16-9-7-13(8-10-16)18(20)15-11-14-5-3-4-6-17(14)19-12-15/h3-12H,2H2,1H3. The molecule has 0 bridgehead atoms. The van der Waals surface area contributed by atoms with Crippen molar-refractivity contribution in [3.05, 3.63) is 71.9 Å². The zero-order valence-electron chi connectivity index (χ0n) is 11.7. The molecule has 0 atom stereocenters. The number of carbonyl (C=O) groups excluding carboxylic acids is 1. The van der Waals surface area contributed by atoms with Crippen LogP contribution >= 0.6 is 0 Å². The lowest BCUT2D eigenvalue weighted by Crippen LogP contribution is -2.02. The van der Waals surface area contributed by atoms with Gasteiger partial charge < -0.3 is 4.74 Å². The highest BCUT2D eigenvalue weighted by molar-refractivity contribution is 6.10. The lowest BCUT2D eigenvalue weighted by Gasteiger charge is -2.05. The van der Waals surface area contributed by atoms with Crippen molar-refractivity contribution in [3.63, 3.8) is 0 Å². The fraction of sp³-hybridized carbons (Fsp3) is 0.111. The molecule has 1 aromatic heterocycles. The molecule has 104 valence electrons. The number of benzene rings is 2. The molecule has 1 heterocycles. The van der Waals surface area contributed by atoms with E-state index >= 15 is 0 Å². The van der Waals surface area contributed by atoms with Gasteiger partial charge in [-0.1, -0.05) is 18.2 Å². The van der Waals surface area contributed by atoms with E-state index < -0.39 is 0 Å². The summed E-state index contributed by atoms with van der Waals surface area (Å²) in [6.07, 6.45) is 1.63. The Morgan fingerprint density at radius 1 is 1.05 bits per heavy atom. The second-order valence-corrected chi connectivity index (χ2v) is 4.70. The van der Waals surface area contributed by atoms with Gasteiger partial charge in [-0.3, -0.25) is 9.78 Å². The van der Waals surface area contributed by atoms with E-state index in [-0.39, 0.29) is 5.78 Å². The van der Waals surface area contributed by atoms with Gasteiger partial charge in [-0.25, -0.2) is 0 Å². The molecule has 0 fully saturated rings. The van der Waals surface area contributed by atoms with Gasteiger partial charge in [0.25, 0.3) is 0 Å². The first-order chi connectivity index (χ1) is 10.3. The first-order valence-electron chi connectivity index (χ1n) is 6.90. The van der Waals surface area contributed by atoms with Crippen molar-refractivity contribution in [1.29, 1.82) is 0 Å². The number of hydrogen-bond acceptors (Lipinski definition) is 3. The van der Waals surface area contributed by atoms with Crippen LogP contribution in [-0.2, 0) is 0 Å². The molecule has 3 nitrogen and oxygen atoms in total. The number of para-hydroxylation sites is 1. The van der Waals surface area contributed by atoms with Crippen molar-refractivity contribution in [2.45, 2.75) is 6.92 Å². The Balaban J connectivity index is 1.92. The average Bonchev–Trinajstić information content (AvgIpc) is 2.55. The van der Waals surface area contributed by atoms with E-state index in [1.54, 1.807) is 18.3 Å². The van der Waals surface area contributed by atoms with Gasteiger partial charge in [-0.05, 0) is 43.3 Å². The molecule has 3 rings (SSSR count). The van der Waals surface area contributed by atoms with E-state index in [1.165, 1.54) is 0 Å². The van der Waals surface area contributed by atoms with Gasteiger partial charge in [0.15, 0.2) is 5.78 Å². The quantitative estimate of drug-likeness (QED) is 0.680. The van der Waals surface area contributed by atoms with Gasteiger partial charge in [0.2, 0.25) is 0 Å². The minimum atomic E-state index is -0.0312. The van der Waals surface area contributed by atoms with Gasteiger partial charge in [0.05, 0.1) is 12.1 Å². The number of ether oxygens (including phenoxy) is 1. The zero-order valence-corrected chi connectivity index (χ0v) is 11.7. The number of carbonyl (C=O) groups is 1. The number of pyridine rings is 1. The number of nitrogens with zero attached hydrogens (tertiary/aromatic N) is 1. The van der Waals surface area contributed by atoms with E-state index in [1.807, 2.05) is 49.4 Å². The molecule has 0 saturated heterocycles. The fourth-order valence-electron chi connectivity index (χ4n) is 2.23. The number of rotatable bonds is 4. The molecule has 0 radical (unpaired) electrons. The van der Waals surface area contributed by atoms with Crippen LogP contribution in [0.3, 0.4) is 0 Å². The van der Waals surface area contributed by atoms with Crippen LogP contribution < -0.4 is 4.74 Å². The Bertz CT molecular complexity index is 779. The van der Waals surface area contributed by atoms with Crippen LogP contribution in [0, 0.1) is 0 Å². The number of ketones is 1. The van der Waals surface area contributed by atoms with E-state index in [2.05, 4.69) is 4.98 Å². The molecule has 3 heteroatoms. The van der Waals surface area contributed by atoms with Gasteiger partial charge in [0.1, 0.15) is 5.75 Å². The largest absolute Gasteiger partial charge is 0.494 e. The van der Waals surface area contributed by atoms with E-state index in [0.717, 1.165) is 16.7 Å². The summed E-state index contributed by atoms with van der Waals surface area (Å²) in [5.74, 6) is 0.738. The molecule has 0 saturated carbocycles. The van der Waals surface area contributed by atoms with Crippen molar-refractivity contribution in [3.8, 4) is 5.75 Å². The van der Waals surface area contributed by atoms with Crippen molar-refractivity contribution >= 4 is 16.7 Å². The van der Waals surface area contributed by atoms with Crippen molar-refractivity contribution in [2.75, 3.05) is 6.61 Å². The Morgan fingerprint density at radius 3 is 2.57 bits per heavy atom. The van der Waals surface area contributed by atoms with E-state index in [9.17, 15) is 4.79 Å². The van der Waals surface area contributed by atoms with Crippen LogP contribution in [-0.4, -0.2) is 17.4 Å². The summed E-state index contributed by atoms with van der Waals surface area (Å²) in [5.41, 5.74) is 2.12. The minimum absolute atomic E-state index is 0.0312. The first-order valence-corrected chi connectivity index (χ1v) is 6.90. The molecule has 0 unspecified atom stereocenters. The molecule has 0 N–H and O–H groups in total. The maximum atomic E-state index is 12.5. The summed E-state index contributed by atoms with van der Waals surface area (Å²) in [4.78, 5) is 16.8. The summed E-state index contributed by atoms with van der Waals surface area (Å²) >= 11 is 0. The molecule has 0 aliphatic rings. The summed E-state index contributed by atoms with van der Waals surface area (Å²) in [6, 6.07) is 16.8. The van der Waals surface area contributed by atoms with Crippen LogP contribution in [0.15, 0.2) is 60.8 Å². The zero-order chi connectivity index (χ0) is 14.7. The molecular weight excluding hydrogens is 262 g/mol. The first kappa shape index (κ1) is 13.3. The lowest BCUT2D eigenvalue weighted by atomic mass is 10.0. The normalized spacial score (nSPS) is 10.5. The molecule has 2 aromatic carbocycles. The smallest absolute Gasteiger partial charge is 0.194 e. The highest BCUT2D eigenvalue weighted by Crippen LogP contribution is 2.18. The molecule has 21 heavy (non-hydrogen) atoms. The summed E-state index contributed by atoms with van der Waals surface area (Å²) in [5, 5.41) is 0.967.